The van der Waals surface area contributed by atoms with E-state index in [1.54, 1.807) is 12.3 Å². The Bertz CT molecular complexity index is 707. The third-order valence-corrected chi connectivity index (χ3v) is 5.03. The number of fused-ring (bicyclic) bond motifs is 1. The van der Waals surface area contributed by atoms with Crippen molar-refractivity contribution in [1.82, 2.24) is 25.0 Å². The minimum absolute atomic E-state index is 0.0280. The predicted molar refractivity (Wildman–Crippen MR) is 85.0 cm³/mol. The van der Waals surface area contributed by atoms with Crippen LogP contribution < -0.4 is 0 Å². The maximum atomic E-state index is 12.6. The van der Waals surface area contributed by atoms with E-state index in [4.69, 9.17) is 0 Å². The SMILES string of the molecule is O=C(c1ccc2[nH]ncc2n1)N1CCN(C2CCCC2O)CC1. The Hall–Kier alpha value is -1.99. The molecule has 4 rings (SSSR count). The molecule has 23 heavy (non-hydrogen) atoms. The monoisotopic (exact) mass is 315 g/mol. The fourth-order valence-electron chi connectivity index (χ4n) is 3.72. The largest absolute Gasteiger partial charge is 0.391 e. The van der Waals surface area contributed by atoms with Crippen LogP contribution in [0.15, 0.2) is 18.3 Å². The number of nitrogens with zero attached hydrogens (tertiary/aromatic N) is 4. The Balaban J connectivity index is 1.42. The van der Waals surface area contributed by atoms with E-state index in [0.717, 1.165) is 37.9 Å². The van der Waals surface area contributed by atoms with Gasteiger partial charge >= 0.3 is 0 Å². The van der Waals surface area contributed by atoms with Gasteiger partial charge in [0.25, 0.3) is 5.91 Å². The molecule has 1 aliphatic carbocycles. The number of carbonyl (C=O) groups is 1. The molecule has 2 aromatic heterocycles. The fourth-order valence-corrected chi connectivity index (χ4v) is 3.72. The maximum absolute atomic E-state index is 12.6. The van der Waals surface area contributed by atoms with Crippen LogP contribution >= 0.6 is 0 Å². The highest BCUT2D eigenvalue weighted by molar-refractivity contribution is 5.94. The average molecular weight is 315 g/mol. The first kappa shape index (κ1) is 14.6. The van der Waals surface area contributed by atoms with Crippen LogP contribution in [-0.4, -0.2) is 74.3 Å². The normalized spacial score (nSPS) is 26.0. The summed E-state index contributed by atoms with van der Waals surface area (Å²) >= 11 is 0. The number of H-pyrrole nitrogens is 1. The molecule has 0 radical (unpaired) electrons. The second-order valence-corrected chi connectivity index (χ2v) is 6.39. The van der Waals surface area contributed by atoms with Gasteiger partial charge in [0.15, 0.2) is 0 Å². The number of piperazine rings is 1. The van der Waals surface area contributed by atoms with Gasteiger partial charge in [0.05, 0.1) is 17.8 Å². The molecule has 2 aliphatic rings. The summed E-state index contributed by atoms with van der Waals surface area (Å²) in [6, 6.07) is 3.86. The van der Waals surface area contributed by atoms with Gasteiger partial charge in [0, 0.05) is 32.2 Å². The van der Waals surface area contributed by atoms with Gasteiger partial charge in [-0.2, -0.15) is 5.10 Å². The molecular formula is C16H21N5O2. The molecule has 2 atom stereocenters. The topological polar surface area (TPSA) is 85.4 Å². The lowest BCUT2D eigenvalue weighted by Crippen LogP contribution is -2.53. The van der Waals surface area contributed by atoms with Crippen molar-refractivity contribution in [2.75, 3.05) is 26.2 Å². The number of rotatable bonds is 2. The highest BCUT2D eigenvalue weighted by Gasteiger charge is 2.33. The van der Waals surface area contributed by atoms with Crippen LogP contribution in [0.25, 0.3) is 11.0 Å². The predicted octanol–water partition coefficient (Wildman–Crippen LogP) is 0.629. The molecule has 0 spiro atoms. The van der Waals surface area contributed by atoms with E-state index in [2.05, 4.69) is 20.1 Å². The van der Waals surface area contributed by atoms with E-state index in [0.29, 0.717) is 24.3 Å². The van der Waals surface area contributed by atoms with E-state index in [-0.39, 0.29) is 18.1 Å². The second-order valence-electron chi connectivity index (χ2n) is 6.39. The summed E-state index contributed by atoms with van der Waals surface area (Å²) in [7, 11) is 0. The lowest BCUT2D eigenvalue weighted by Gasteiger charge is -2.39. The number of nitrogens with one attached hydrogen (secondary N) is 1. The molecule has 2 N–H and O–H groups in total. The highest BCUT2D eigenvalue weighted by atomic mass is 16.3. The number of aromatic amines is 1. The summed E-state index contributed by atoms with van der Waals surface area (Å²) in [4.78, 5) is 21.2. The van der Waals surface area contributed by atoms with E-state index in [1.807, 2.05) is 11.0 Å². The first-order chi connectivity index (χ1) is 11.2. The van der Waals surface area contributed by atoms with Gasteiger partial charge in [-0.25, -0.2) is 4.98 Å². The molecule has 0 bridgehead atoms. The minimum Gasteiger partial charge on any atom is -0.391 e. The smallest absolute Gasteiger partial charge is 0.272 e. The van der Waals surface area contributed by atoms with Crippen LogP contribution in [0.3, 0.4) is 0 Å². The first-order valence-corrected chi connectivity index (χ1v) is 8.24. The Labute approximate surface area is 134 Å². The van der Waals surface area contributed by atoms with Gasteiger partial charge in [-0.3, -0.25) is 14.8 Å². The number of aliphatic hydroxyl groups excluding tert-OH is 1. The van der Waals surface area contributed by atoms with Crippen molar-refractivity contribution < 1.29 is 9.90 Å². The summed E-state index contributed by atoms with van der Waals surface area (Å²) in [5.41, 5.74) is 2.01. The lowest BCUT2D eigenvalue weighted by atomic mass is 10.1. The van der Waals surface area contributed by atoms with Gasteiger partial charge in [-0.15, -0.1) is 0 Å². The third-order valence-electron chi connectivity index (χ3n) is 5.03. The summed E-state index contributed by atoms with van der Waals surface area (Å²) in [5.74, 6) is -0.0280. The lowest BCUT2D eigenvalue weighted by molar-refractivity contribution is 0.0313. The van der Waals surface area contributed by atoms with E-state index in [1.165, 1.54) is 0 Å². The molecule has 7 heteroatoms. The van der Waals surface area contributed by atoms with Gasteiger partial charge in [0.1, 0.15) is 11.2 Å². The third kappa shape index (κ3) is 2.70. The summed E-state index contributed by atoms with van der Waals surface area (Å²) in [5, 5.41) is 16.8. The van der Waals surface area contributed by atoms with Gasteiger partial charge in [-0.1, -0.05) is 0 Å². The minimum atomic E-state index is -0.206. The van der Waals surface area contributed by atoms with Crippen LogP contribution in [-0.2, 0) is 0 Å². The van der Waals surface area contributed by atoms with Crippen molar-refractivity contribution in [2.24, 2.45) is 0 Å². The summed E-state index contributed by atoms with van der Waals surface area (Å²) in [6.45, 7) is 3.02. The Morgan fingerprint density at radius 3 is 2.78 bits per heavy atom. The Kier molecular flexibility index (Phi) is 3.74. The van der Waals surface area contributed by atoms with Crippen LogP contribution in [0.5, 0.6) is 0 Å². The van der Waals surface area contributed by atoms with Crippen molar-refractivity contribution >= 4 is 16.9 Å². The molecule has 2 unspecified atom stereocenters. The number of hydrogen-bond acceptors (Lipinski definition) is 5. The fraction of sp³-hybridized carbons (Fsp3) is 0.562. The van der Waals surface area contributed by atoms with Crippen molar-refractivity contribution in [1.29, 1.82) is 0 Å². The number of aliphatic hydroxyl groups is 1. The van der Waals surface area contributed by atoms with Gasteiger partial charge < -0.3 is 10.0 Å². The summed E-state index contributed by atoms with van der Waals surface area (Å²) < 4.78 is 0. The average Bonchev–Trinajstić information content (AvgIpc) is 3.22. The summed E-state index contributed by atoms with van der Waals surface area (Å²) in [6.07, 6.45) is 4.49. The van der Waals surface area contributed by atoms with Crippen molar-refractivity contribution in [3.8, 4) is 0 Å². The van der Waals surface area contributed by atoms with E-state index < -0.39 is 0 Å². The van der Waals surface area contributed by atoms with E-state index in [9.17, 15) is 9.90 Å². The Morgan fingerprint density at radius 1 is 1.22 bits per heavy atom. The zero-order chi connectivity index (χ0) is 15.8. The molecule has 2 fully saturated rings. The number of amides is 1. The molecule has 1 aliphatic heterocycles. The van der Waals surface area contributed by atoms with E-state index >= 15 is 0 Å². The Morgan fingerprint density at radius 2 is 2.04 bits per heavy atom. The molecular weight excluding hydrogens is 294 g/mol. The zero-order valence-corrected chi connectivity index (χ0v) is 13.0. The van der Waals surface area contributed by atoms with Crippen LogP contribution in [0.4, 0.5) is 0 Å². The molecule has 1 amide bonds. The quantitative estimate of drug-likeness (QED) is 0.849. The standard InChI is InChI=1S/C16H21N5O2/c22-15-3-1-2-14(15)20-6-8-21(9-7-20)16(23)12-5-4-11-13(18-12)10-17-19-11/h4-5,10,14-15,22H,1-3,6-9H2,(H,17,19). The molecule has 122 valence electrons. The zero-order valence-electron chi connectivity index (χ0n) is 13.0. The van der Waals surface area contributed by atoms with Crippen LogP contribution in [0.1, 0.15) is 29.8 Å². The maximum Gasteiger partial charge on any atom is 0.272 e. The van der Waals surface area contributed by atoms with Crippen molar-refractivity contribution in [3.63, 3.8) is 0 Å². The first-order valence-electron chi connectivity index (χ1n) is 8.24. The number of aromatic nitrogens is 3. The van der Waals surface area contributed by atoms with Gasteiger partial charge in [0.2, 0.25) is 0 Å². The second kappa shape index (κ2) is 5.90. The number of hydrogen-bond donors (Lipinski definition) is 2. The van der Waals surface area contributed by atoms with Crippen LogP contribution in [0.2, 0.25) is 0 Å². The van der Waals surface area contributed by atoms with Gasteiger partial charge in [-0.05, 0) is 31.4 Å². The highest BCUT2D eigenvalue weighted by Crippen LogP contribution is 2.25. The molecule has 3 heterocycles. The number of pyridine rings is 1. The van der Waals surface area contributed by atoms with Crippen molar-refractivity contribution in [2.45, 2.75) is 31.4 Å². The molecule has 7 nitrogen and oxygen atoms in total. The molecule has 1 saturated carbocycles. The number of carbonyl (C=O) groups excluding carboxylic acids is 1. The molecule has 0 aromatic carbocycles. The van der Waals surface area contributed by atoms with Crippen LogP contribution in [0, 0.1) is 0 Å². The molecule has 1 saturated heterocycles. The van der Waals surface area contributed by atoms with Crippen molar-refractivity contribution in [3.05, 3.63) is 24.0 Å². The molecule has 2 aromatic rings.